The second-order valence-corrected chi connectivity index (χ2v) is 4.17. The summed E-state index contributed by atoms with van der Waals surface area (Å²) in [6.45, 7) is 10.1. The SMILES string of the molecule is CC.CC.Cc1cc2c3c(ncc2[nH]1)CCCC3. The molecule has 0 radical (unpaired) electrons. The third-order valence-corrected chi connectivity index (χ3v) is 3.10. The number of fused-ring (bicyclic) bond motifs is 3. The number of aromatic amines is 1. The van der Waals surface area contributed by atoms with Crippen molar-refractivity contribution in [3.63, 3.8) is 0 Å². The fraction of sp³-hybridized carbons (Fsp3) is 0.562. The maximum Gasteiger partial charge on any atom is 0.0645 e. The summed E-state index contributed by atoms with van der Waals surface area (Å²) < 4.78 is 0. The molecule has 0 atom stereocenters. The van der Waals surface area contributed by atoms with E-state index in [-0.39, 0.29) is 0 Å². The number of nitrogens with zero attached hydrogens (tertiary/aromatic N) is 1. The van der Waals surface area contributed by atoms with Gasteiger partial charge in [-0.3, -0.25) is 4.98 Å². The maximum atomic E-state index is 4.53. The lowest BCUT2D eigenvalue weighted by Gasteiger charge is -2.14. The van der Waals surface area contributed by atoms with Gasteiger partial charge in [0.2, 0.25) is 0 Å². The zero-order valence-corrected chi connectivity index (χ0v) is 12.4. The molecule has 0 fully saturated rings. The smallest absolute Gasteiger partial charge is 0.0645 e. The standard InChI is InChI=1S/C12H14N2.2C2H6/c1-8-6-10-9-4-2-3-5-11(9)13-7-12(10)14-8;2*1-2/h6-7,14H,2-5H2,1H3;2*1-2H3. The highest BCUT2D eigenvalue weighted by atomic mass is 14.8. The minimum atomic E-state index is 1.16. The third kappa shape index (κ3) is 2.92. The highest BCUT2D eigenvalue weighted by Crippen LogP contribution is 2.27. The lowest BCUT2D eigenvalue weighted by molar-refractivity contribution is 0.673. The minimum Gasteiger partial charge on any atom is -0.357 e. The Morgan fingerprint density at radius 2 is 1.72 bits per heavy atom. The van der Waals surface area contributed by atoms with Gasteiger partial charge in [0.05, 0.1) is 11.7 Å². The molecule has 0 aromatic carbocycles. The van der Waals surface area contributed by atoms with Crippen LogP contribution in [0.15, 0.2) is 12.3 Å². The molecular formula is C16H26N2. The molecule has 0 saturated carbocycles. The van der Waals surface area contributed by atoms with Gasteiger partial charge in [-0.1, -0.05) is 27.7 Å². The summed E-state index contributed by atoms with van der Waals surface area (Å²) in [5, 5.41) is 1.40. The van der Waals surface area contributed by atoms with Crippen LogP contribution in [0.3, 0.4) is 0 Å². The topological polar surface area (TPSA) is 28.7 Å². The summed E-state index contributed by atoms with van der Waals surface area (Å²) >= 11 is 0. The Morgan fingerprint density at radius 3 is 2.44 bits per heavy atom. The first-order chi connectivity index (χ1) is 8.84. The highest BCUT2D eigenvalue weighted by molar-refractivity contribution is 5.84. The van der Waals surface area contributed by atoms with E-state index in [1.165, 1.54) is 47.1 Å². The molecule has 1 aliphatic carbocycles. The summed E-state index contributed by atoms with van der Waals surface area (Å²) in [6.07, 6.45) is 6.96. The van der Waals surface area contributed by atoms with Crippen LogP contribution < -0.4 is 0 Å². The van der Waals surface area contributed by atoms with E-state index in [2.05, 4.69) is 23.0 Å². The van der Waals surface area contributed by atoms with Crippen molar-refractivity contribution in [1.82, 2.24) is 9.97 Å². The third-order valence-electron chi connectivity index (χ3n) is 3.10. The Balaban J connectivity index is 0.000000371. The first-order valence-electron chi connectivity index (χ1n) is 7.30. The molecule has 0 unspecified atom stereocenters. The van der Waals surface area contributed by atoms with E-state index in [1.54, 1.807) is 0 Å². The number of hydrogen-bond donors (Lipinski definition) is 1. The van der Waals surface area contributed by atoms with Gasteiger partial charge in [0.15, 0.2) is 0 Å². The van der Waals surface area contributed by atoms with E-state index in [9.17, 15) is 0 Å². The van der Waals surface area contributed by atoms with Crippen LogP contribution in [0.1, 0.15) is 57.5 Å². The number of aryl methyl sites for hydroxylation is 3. The van der Waals surface area contributed by atoms with E-state index in [1.807, 2.05) is 33.9 Å². The van der Waals surface area contributed by atoms with Gasteiger partial charge in [0, 0.05) is 16.8 Å². The average Bonchev–Trinajstić information content (AvgIpc) is 2.84. The van der Waals surface area contributed by atoms with Gasteiger partial charge in [0.1, 0.15) is 0 Å². The normalized spacial score (nSPS) is 12.9. The van der Waals surface area contributed by atoms with E-state index in [0.717, 1.165) is 6.42 Å². The molecule has 2 aromatic rings. The molecule has 0 spiro atoms. The van der Waals surface area contributed by atoms with Crippen molar-refractivity contribution < 1.29 is 0 Å². The van der Waals surface area contributed by atoms with Crippen LogP contribution in [0.2, 0.25) is 0 Å². The zero-order valence-electron chi connectivity index (χ0n) is 12.4. The van der Waals surface area contributed by atoms with Gasteiger partial charge in [-0.05, 0) is 44.2 Å². The Morgan fingerprint density at radius 1 is 1.06 bits per heavy atom. The van der Waals surface area contributed by atoms with E-state index in [4.69, 9.17) is 0 Å². The van der Waals surface area contributed by atoms with Crippen molar-refractivity contribution >= 4 is 10.9 Å². The van der Waals surface area contributed by atoms with E-state index in [0.29, 0.717) is 0 Å². The average molecular weight is 246 g/mol. The second kappa shape index (κ2) is 7.20. The molecule has 2 heterocycles. The summed E-state index contributed by atoms with van der Waals surface area (Å²) in [4.78, 5) is 7.88. The number of H-pyrrole nitrogens is 1. The number of nitrogens with one attached hydrogen (secondary N) is 1. The Kier molecular flexibility index (Phi) is 5.90. The summed E-state index contributed by atoms with van der Waals surface area (Å²) in [5.74, 6) is 0. The second-order valence-electron chi connectivity index (χ2n) is 4.17. The molecular weight excluding hydrogens is 220 g/mol. The molecule has 0 bridgehead atoms. The summed E-state index contributed by atoms with van der Waals surface area (Å²) in [5.41, 5.74) is 5.24. The quantitative estimate of drug-likeness (QED) is 0.710. The van der Waals surface area contributed by atoms with Crippen molar-refractivity contribution in [2.75, 3.05) is 0 Å². The fourth-order valence-electron chi connectivity index (χ4n) is 2.43. The van der Waals surface area contributed by atoms with Crippen LogP contribution in [0.5, 0.6) is 0 Å². The predicted molar refractivity (Wildman–Crippen MR) is 80.2 cm³/mol. The van der Waals surface area contributed by atoms with Crippen molar-refractivity contribution in [3.8, 4) is 0 Å². The predicted octanol–water partition coefficient (Wildman–Crippen LogP) is 4.80. The number of pyridine rings is 1. The van der Waals surface area contributed by atoms with Crippen molar-refractivity contribution in [3.05, 3.63) is 29.2 Å². The van der Waals surface area contributed by atoms with Gasteiger partial charge in [-0.2, -0.15) is 0 Å². The summed E-state index contributed by atoms with van der Waals surface area (Å²) in [7, 11) is 0. The molecule has 18 heavy (non-hydrogen) atoms. The van der Waals surface area contributed by atoms with Gasteiger partial charge in [0.25, 0.3) is 0 Å². The molecule has 1 aliphatic rings. The molecule has 0 saturated heterocycles. The Labute approximate surface area is 111 Å². The van der Waals surface area contributed by atoms with Gasteiger partial charge in [-0.15, -0.1) is 0 Å². The Bertz CT molecular complexity index is 483. The lowest BCUT2D eigenvalue weighted by atomic mass is 9.94. The molecule has 2 nitrogen and oxygen atoms in total. The molecule has 2 aromatic heterocycles. The molecule has 3 rings (SSSR count). The van der Waals surface area contributed by atoms with Crippen LogP contribution in [0.25, 0.3) is 10.9 Å². The van der Waals surface area contributed by atoms with Crippen LogP contribution in [-0.2, 0) is 12.8 Å². The van der Waals surface area contributed by atoms with Crippen molar-refractivity contribution in [2.45, 2.75) is 60.3 Å². The van der Waals surface area contributed by atoms with Crippen molar-refractivity contribution in [1.29, 1.82) is 0 Å². The van der Waals surface area contributed by atoms with Crippen LogP contribution in [-0.4, -0.2) is 9.97 Å². The molecule has 2 heteroatoms. The zero-order chi connectivity index (χ0) is 13.5. The highest BCUT2D eigenvalue weighted by Gasteiger charge is 2.14. The molecule has 1 N–H and O–H groups in total. The largest absolute Gasteiger partial charge is 0.357 e. The minimum absolute atomic E-state index is 1.16. The van der Waals surface area contributed by atoms with Crippen LogP contribution in [0, 0.1) is 6.92 Å². The van der Waals surface area contributed by atoms with Crippen LogP contribution >= 0.6 is 0 Å². The lowest BCUT2D eigenvalue weighted by Crippen LogP contribution is -2.04. The fourth-order valence-corrected chi connectivity index (χ4v) is 2.43. The summed E-state index contributed by atoms with van der Waals surface area (Å²) in [6, 6.07) is 2.25. The van der Waals surface area contributed by atoms with Gasteiger partial charge in [-0.25, -0.2) is 0 Å². The maximum absolute atomic E-state index is 4.53. The van der Waals surface area contributed by atoms with Crippen molar-refractivity contribution in [2.24, 2.45) is 0 Å². The molecule has 100 valence electrons. The van der Waals surface area contributed by atoms with Gasteiger partial charge < -0.3 is 4.98 Å². The monoisotopic (exact) mass is 246 g/mol. The molecule has 0 aliphatic heterocycles. The number of hydrogen-bond acceptors (Lipinski definition) is 1. The first kappa shape index (κ1) is 14.7. The van der Waals surface area contributed by atoms with Gasteiger partial charge >= 0.3 is 0 Å². The van der Waals surface area contributed by atoms with Crippen LogP contribution in [0.4, 0.5) is 0 Å². The number of aromatic nitrogens is 2. The van der Waals surface area contributed by atoms with E-state index < -0.39 is 0 Å². The number of rotatable bonds is 0. The Hall–Kier alpha value is -1.31. The van der Waals surface area contributed by atoms with E-state index >= 15 is 0 Å². The first-order valence-corrected chi connectivity index (χ1v) is 7.30. The molecule has 0 amide bonds.